The summed E-state index contributed by atoms with van der Waals surface area (Å²) in [5, 5.41) is 17.4. The molecule has 0 spiro atoms. The van der Waals surface area contributed by atoms with Crippen LogP contribution >= 0.6 is 63.7 Å². The second-order valence-corrected chi connectivity index (χ2v) is 30.5. The number of esters is 3. The second kappa shape index (κ2) is 50.9. The number of carbonyl (C=O) groups excluding carboxylic acids is 4. The van der Waals surface area contributed by atoms with Gasteiger partial charge >= 0.3 is 33.3 Å². The number of benzene rings is 5. The number of ketones is 1. The molecule has 0 aliphatic carbocycles. The largest absolute Gasteiger partial charge is 0.569 e. The first-order chi connectivity index (χ1) is 41.4. The van der Waals surface area contributed by atoms with Gasteiger partial charge in [0, 0.05) is 25.0 Å². The zero-order chi connectivity index (χ0) is 70.4. The molecule has 0 atom stereocenters. The maximum Gasteiger partial charge on any atom is 0.569 e. The Balaban J connectivity index is -0.000000313. The van der Waals surface area contributed by atoms with E-state index in [1.54, 1.807) is 42.5 Å². The Morgan fingerprint density at radius 2 is 1.03 bits per heavy atom. The molecule has 5 aromatic carbocycles. The first-order valence-electron chi connectivity index (χ1n) is 29.3. The zero-order valence-electron chi connectivity index (χ0n) is 57.8. The summed E-state index contributed by atoms with van der Waals surface area (Å²) in [7, 11) is 2.09. The molecular formula is C68H104B2Br4O14Si. The van der Waals surface area contributed by atoms with Crippen molar-refractivity contribution in [2.75, 3.05) is 27.4 Å². The lowest BCUT2D eigenvalue weighted by molar-refractivity contribution is -0.153. The molecule has 0 bridgehead atoms. The van der Waals surface area contributed by atoms with Crippen molar-refractivity contribution in [2.24, 2.45) is 5.41 Å². The minimum atomic E-state index is -1.79. The summed E-state index contributed by atoms with van der Waals surface area (Å²) in [6, 6.07) is 35.0. The number of methoxy groups -OCH3 is 2. The third-order valence-corrected chi connectivity index (χ3v) is 16.8. The van der Waals surface area contributed by atoms with E-state index in [0.29, 0.717) is 49.9 Å². The minimum Gasteiger partial charge on any atom is -0.537 e. The lowest BCUT2D eigenvalue weighted by Crippen LogP contribution is -2.41. The van der Waals surface area contributed by atoms with Gasteiger partial charge in [0.1, 0.15) is 29.3 Å². The first-order valence-corrected chi connectivity index (χ1v) is 35.4. The monoisotopic (exact) mass is 1510 g/mol. The fourth-order valence-electron chi connectivity index (χ4n) is 5.59. The molecule has 2 N–H and O–H groups in total. The number of hydrogen-bond acceptors (Lipinski definition) is 14. The van der Waals surface area contributed by atoms with E-state index >= 15 is 0 Å². The smallest absolute Gasteiger partial charge is 0.537 e. The Kier molecular flexibility index (Phi) is 53.1. The van der Waals surface area contributed by atoms with E-state index in [2.05, 4.69) is 109 Å². The molecule has 2 radical (unpaired) electrons. The lowest BCUT2D eigenvalue weighted by atomic mass is 9.99. The van der Waals surface area contributed by atoms with E-state index in [-0.39, 0.29) is 57.4 Å². The van der Waals surface area contributed by atoms with Crippen molar-refractivity contribution in [1.82, 2.24) is 0 Å². The molecule has 498 valence electrons. The second-order valence-electron chi connectivity index (χ2n) is 22.1. The van der Waals surface area contributed by atoms with Crippen molar-refractivity contribution in [2.45, 2.75) is 181 Å². The highest BCUT2D eigenvalue weighted by atomic mass is 79.9. The van der Waals surface area contributed by atoms with Gasteiger partial charge in [-0.05, 0) is 160 Å². The van der Waals surface area contributed by atoms with Crippen molar-refractivity contribution >= 4 is 111 Å². The number of rotatable bonds is 15. The van der Waals surface area contributed by atoms with Crippen LogP contribution in [0.25, 0.3) is 0 Å². The zero-order valence-corrected chi connectivity index (χ0v) is 65.1. The summed E-state index contributed by atoms with van der Waals surface area (Å²) < 4.78 is 44.3. The maximum absolute atomic E-state index is 11.9. The molecule has 0 saturated carbocycles. The number of Topliss-reactive ketones (excluding diaryl/α,β-unsaturated/α-hetero) is 1. The SMILES string of the molecule is Brc1ccccc1.C=C(OC(C)(C)C)O[Si](C)(C)C(C)(C)C.CC.CC.CC.CC.CC(C)(C)COC(=O)c1ccc(Br)cc1O[B]O.CC(C)(C)OC(=O)Cc1ccccc1.COC(=O)c1cc(Br)ccc1C.COCC(=O)c1c(Br)cccc1O[B]O. The Bertz CT molecular complexity index is 2710. The Morgan fingerprint density at radius 1 is 0.562 bits per heavy atom. The van der Waals surface area contributed by atoms with Gasteiger partial charge in [-0.1, -0.05) is 205 Å². The fraction of sp³-hybridized carbons (Fsp3) is 0.471. The van der Waals surface area contributed by atoms with E-state index in [4.69, 9.17) is 42.7 Å². The van der Waals surface area contributed by atoms with Crippen LogP contribution in [0, 0.1) is 12.3 Å². The van der Waals surface area contributed by atoms with Crippen LogP contribution in [-0.2, 0) is 39.3 Å². The van der Waals surface area contributed by atoms with Gasteiger partial charge in [0.25, 0.3) is 14.3 Å². The summed E-state index contributed by atoms with van der Waals surface area (Å²) in [6.45, 7) is 50.5. The van der Waals surface area contributed by atoms with Crippen LogP contribution in [0.4, 0.5) is 0 Å². The summed E-state index contributed by atoms with van der Waals surface area (Å²) >= 11 is 13.1. The molecule has 0 aliphatic heterocycles. The Labute approximate surface area is 572 Å². The van der Waals surface area contributed by atoms with Gasteiger partial charge < -0.3 is 47.5 Å². The maximum atomic E-state index is 11.9. The fourth-order valence-corrected chi connectivity index (χ4v) is 8.08. The van der Waals surface area contributed by atoms with Crippen molar-refractivity contribution in [3.8, 4) is 11.5 Å². The number of hydrogen-bond donors (Lipinski definition) is 2. The molecule has 0 saturated heterocycles. The van der Waals surface area contributed by atoms with Gasteiger partial charge in [0.15, 0.2) is 5.78 Å². The third kappa shape index (κ3) is 46.9. The lowest BCUT2D eigenvalue weighted by Gasteiger charge is -2.37. The number of carbonyl (C=O) groups is 4. The molecule has 5 aromatic rings. The van der Waals surface area contributed by atoms with Gasteiger partial charge in [-0.3, -0.25) is 9.59 Å². The van der Waals surface area contributed by atoms with Crippen LogP contribution in [0.3, 0.4) is 0 Å². The van der Waals surface area contributed by atoms with Crippen molar-refractivity contribution in [3.05, 3.63) is 173 Å². The van der Waals surface area contributed by atoms with E-state index in [9.17, 15) is 19.2 Å². The molecule has 0 fully saturated rings. The van der Waals surface area contributed by atoms with Crippen LogP contribution in [0.2, 0.25) is 18.1 Å². The predicted octanol–water partition coefficient (Wildman–Crippen LogP) is 19.7. The van der Waals surface area contributed by atoms with E-state index in [1.165, 1.54) is 14.2 Å². The molecule has 0 aromatic heterocycles. The third-order valence-electron chi connectivity index (χ3n) is 10.2. The average Bonchev–Trinajstić information content (AvgIpc) is 1.56. The number of ether oxygens (including phenoxy) is 5. The van der Waals surface area contributed by atoms with Gasteiger partial charge in [-0.15, -0.1) is 0 Å². The van der Waals surface area contributed by atoms with Crippen LogP contribution < -0.4 is 9.31 Å². The van der Waals surface area contributed by atoms with Gasteiger partial charge in [-0.2, -0.15) is 0 Å². The van der Waals surface area contributed by atoms with Crippen molar-refractivity contribution in [1.29, 1.82) is 0 Å². The van der Waals surface area contributed by atoms with E-state index in [1.807, 2.05) is 197 Å². The van der Waals surface area contributed by atoms with Gasteiger partial charge in [-0.25, -0.2) is 9.59 Å². The summed E-state index contributed by atoms with van der Waals surface area (Å²) in [5.41, 5.74) is 2.40. The molecule has 21 heteroatoms. The molecule has 0 amide bonds. The van der Waals surface area contributed by atoms with Crippen LogP contribution in [-0.4, -0.2) is 96.1 Å². The highest BCUT2D eigenvalue weighted by Gasteiger charge is 2.40. The summed E-state index contributed by atoms with van der Waals surface area (Å²) in [4.78, 5) is 46.1. The van der Waals surface area contributed by atoms with Crippen LogP contribution in [0.1, 0.15) is 181 Å². The molecule has 14 nitrogen and oxygen atoms in total. The summed E-state index contributed by atoms with van der Waals surface area (Å²) in [5.74, 6) is -0.192. The quantitative estimate of drug-likeness (QED) is 0.0332. The molecule has 89 heavy (non-hydrogen) atoms. The van der Waals surface area contributed by atoms with Crippen molar-refractivity contribution < 1.29 is 66.6 Å². The average molecular weight is 1510 g/mol. The standard InChI is InChI=1S/C12H15BBrO4.C12H26O2Si.C12H16O2.C9H9BBrO4.C9H9BrO2.C6H5Br.4C2H6/c1-12(2,3)7-17-11(15)9-5-4-8(14)6-10(9)18-13-16;1-10(13-11(2,3)4)14-15(8,9)12(5,6)7;1-12(2,3)14-11(13)9-10-7-5-4-6-8-10;1-14-5-7(12)9-6(11)3-2-4-8(9)15-10-13;1-6-3-4-7(10)5-8(6)9(11)12-2;7-6-4-2-1-3-5-6;4*1-2/h4-6,16H,7H2,1-3H3;1H2,2-9H3;4-8H,9H2,1-3H3;2-4,13H,5H2,1H3;3-5H,1-2H3;1-5H;4*1-2H3. The Hall–Kier alpha value is -4.73. The highest BCUT2D eigenvalue weighted by molar-refractivity contribution is 9.11. The minimum absolute atomic E-state index is 0.0373. The van der Waals surface area contributed by atoms with E-state index < -0.39 is 19.9 Å². The van der Waals surface area contributed by atoms with Crippen LogP contribution in [0.5, 0.6) is 11.5 Å². The summed E-state index contributed by atoms with van der Waals surface area (Å²) in [6.07, 6.45) is 0.345. The van der Waals surface area contributed by atoms with E-state index in [0.717, 1.165) is 24.5 Å². The molecule has 0 heterocycles. The molecule has 5 rings (SSSR count). The normalized spacial score (nSPS) is 10.1. The first kappa shape index (κ1) is 93.0. The topological polar surface area (TPSA) is 183 Å². The predicted molar refractivity (Wildman–Crippen MR) is 385 cm³/mol. The highest BCUT2D eigenvalue weighted by Crippen LogP contribution is 2.38. The molecule has 0 unspecified atom stereocenters. The Morgan fingerprint density at radius 3 is 1.46 bits per heavy atom. The van der Waals surface area contributed by atoms with Crippen LogP contribution in [0.15, 0.2) is 146 Å². The molecule has 0 aliphatic rings. The van der Waals surface area contributed by atoms with Gasteiger partial charge in [0.05, 0.1) is 36.8 Å². The number of aryl methyl sites for hydroxylation is 1. The van der Waals surface area contributed by atoms with Gasteiger partial charge in [0.2, 0.25) is 0 Å². The van der Waals surface area contributed by atoms with Crippen molar-refractivity contribution in [3.63, 3.8) is 0 Å². The number of halogens is 4. The molecular weight excluding hydrogens is 1410 g/mol.